The third-order valence-electron chi connectivity index (χ3n) is 7.86. The van der Waals surface area contributed by atoms with Gasteiger partial charge in [-0.25, -0.2) is 0 Å². The van der Waals surface area contributed by atoms with Gasteiger partial charge in [-0.3, -0.25) is 4.79 Å². The van der Waals surface area contributed by atoms with E-state index in [1.807, 2.05) is 0 Å². The molecule has 2 N–H and O–H groups in total. The topological polar surface area (TPSA) is 57.5 Å². The largest absolute Gasteiger partial charge is 0.481 e. The van der Waals surface area contributed by atoms with E-state index in [0.29, 0.717) is 35.7 Å². The van der Waals surface area contributed by atoms with E-state index in [1.54, 1.807) is 0 Å². The molecule has 0 aromatic rings. The van der Waals surface area contributed by atoms with Gasteiger partial charge in [-0.1, -0.05) is 19.1 Å². The Morgan fingerprint density at radius 3 is 2.61 bits per heavy atom. The van der Waals surface area contributed by atoms with Crippen molar-refractivity contribution in [3.05, 3.63) is 12.2 Å². The Balaban J connectivity index is 1.93. The van der Waals surface area contributed by atoms with E-state index < -0.39 is 5.97 Å². The fraction of sp³-hybridized carbons (Fsp3) is 0.850. The van der Waals surface area contributed by atoms with Gasteiger partial charge in [0.2, 0.25) is 0 Å². The third-order valence-corrected chi connectivity index (χ3v) is 7.86. The smallest absolute Gasteiger partial charge is 0.303 e. The number of carbonyl (C=O) groups is 1. The number of rotatable bonds is 5. The fourth-order valence-electron chi connectivity index (χ4n) is 6.80. The van der Waals surface area contributed by atoms with Gasteiger partial charge >= 0.3 is 5.97 Å². The highest BCUT2D eigenvalue weighted by Gasteiger charge is 2.60. The number of hydrogen-bond acceptors (Lipinski definition) is 2. The van der Waals surface area contributed by atoms with E-state index >= 15 is 0 Å². The van der Waals surface area contributed by atoms with Crippen molar-refractivity contribution in [1.29, 1.82) is 0 Å². The van der Waals surface area contributed by atoms with Crippen LogP contribution in [0.25, 0.3) is 0 Å². The zero-order valence-electron chi connectivity index (χ0n) is 14.7. The summed E-state index contributed by atoms with van der Waals surface area (Å²) in [5, 5.41) is 19.0. The summed E-state index contributed by atoms with van der Waals surface area (Å²) < 4.78 is 0. The number of aliphatic hydroxyl groups excluding tert-OH is 1. The molecule has 4 aliphatic rings. The molecule has 0 aliphatic heterocycles. The molecule has 3 heteroatoms. The minimum Gasteiger partial charge on any atom is -0.481 e. The van der Waals surface area contributed by atoms with E-state index in [2.05, 4.69) is 20.4 Å². The van der Waals surface area contributed by atoms with E-state index in [4.69, 9.17) is 0 Å². The molecule has 0 aromatic carbocycles. The second kappa shape index (κ2) is 5.91. The van der Waals surface area contributed by atoms with Gasteiger partial charge in [0.05, 0.1) is 0 Å². The molecule has 4 rings (SSSR count). The highest BCUT2D eigenvalue weighted by atomic mass is 16.4. The van der Waals surface area contributed by atoms with E-state index in [9.17, 15) is 15.0 Å². The molecule has 3 nitrogen and oxygen atoms in total. The summed E-state index contributed by atoms with van der Waals surface area (Å²) in [6.07, 6.45) is 8.30. The van der Waals surface area contributed by atoms with E-state index in [-0.39, 0.29) is 11.8 Å². The van der Waals surface area contributed by atoms with Crippen molar-refractivity contribution in [2.45, 2.75) is 65.2 Å². The van der Waals surface area contributed by atoms with Crippen molar-refractivity contribution < 1.29 is 15.0 Å². The molecule has 0 heterocycles. The summed E-state index contributed by atoms with van der Waals surface area (Å²) in [5.74, 6) is 1.49. The maximum absolute atomic E-state index is 11.2. The molecular formula is C20H32O3. The SMILES string of the molecule is C=C(C)C1CCC23CCC(CC2C1(C)CCC(=O)O)C(CO)C3. The monoisotopic (exact) mass is 320 g/mol. The lowest BCUT2D eigenvalue weighted by Crippen LogP contribution is -2.58. The highest BCUT2D eigenvalue weighted by Crippen LogP contribution is 2.69. The molecule has 130 valence electrons. The van der Waals surface area contributed by atoms with Gasteiger partial charge in [0.1, 0.15) is 0 Å². The Kier molecular flexibility index (Phi) is 4.37. The van der Waals surface area contributed by atoms with Crippen molar-refractivity contribution in [3.8, 4) is 0 Å². The summed E-state index contributed by atoms with van der Waals surface area (Å²) in [4.78, 5) is 11.2. The Morgan fingerprint density at radius 1 is 1.30 bits per heavy atom. The number of carboxylic acid groups (broad SMARTS) is 1. The molecule has 4 saturated carbocycles. The first-order valence-electron chi connectivity index (χ1n) is 9.30. The third kappa shape index (κ3) is 2.65. The van der Waals surface area contributed by atoms with Gasteiger partial charge in [-0.2, -0.15) is 0 Å². The van der Waals surface area contributed by atoms with Gasteiger partial charge in [0.25, 0.3) is 0 Å². The zero-order valence-corrected chi connectivity index (χ0v) is 14.7. The number of aliphatic carboxylic acids is 1. The Hall–Kier alpha value is -0.830. The lowest BCUT2D eigenvalue weighted by atomic mass is 9.39. The van der Waals surface area contributed by atoms with Gasteiger partial charge in [0, 0.05) is 13.0 Å². The van der Waals surface area contributed by atoms with Crippen LogP contribution in [0.2, 0.25) is 0 Å². The van der Waals surface area contributed by atoms with Crippen LogP contribution in [-0.2, 0) is 4.79 Å². The highest BCUT2D eigenvalue weighted by molar-refractivity contribution is 5.66. The number of hydrogen-bond donors (Lipinski definition) is 2. The summed E-state index contributed by atoms with van der Waals surface area (Å²) in [6.45, 7) is 9.04. The van der Waals surface area contributed by atoms with Crippen LogP contribution in [0.4, 0.5) is 0 Å². The molecule has 23 heavy (non-hydrogen) atoms. The summed E-state index contributed by atoms with van der Waals surface area (Å²) in [7, 11) is 0. The quantitative estimate of drug-likeness (QED) is 0.744. The fourth-order valence-corrected chi connectivity index (χ4v) is 6.80. The summed E-state index contributed by atoms with van der Waals surface area (Å²) in [6, 6.07) is 0. The number of aliphatic hydroxyl groups is 1. The minimum absolute atomic E-state index is 0.0571. The lowest BCUT2D eigenvalue weighted by molar-refractivity contribution is -0.162. The van der Waals surface area contributed by atoms with Gasteiger partial charge in [-0.05, 0) is 86.4 Å². The first-order chi connectivity index (χ1) is 10.8. The average molecular weight is 320 g/mol. The second-order valence-corrected chi connectivity index (χ2v) is 8.93. The molecule has 4 fully saturated rings. The number of allylic oxidation sites excluding steroid dienone is 1. The minimum atomic E-state index is -0.680. The van der Waals surface area contributed by atoms with Crippen molar-refractivity contribution in [3.63, 3.8) is 0 Å². The van der Waals surface area contributed by atoms with Crippen LogP contribution in [0, 0.1) is 34.5 Å². The van der Waals surface area contributed by atoms with Gasteiger partial charge in [-0.15, -0.1) is 0 Å². The van der Waals surface area contributed by atoms with Gasteiger partial charge in [0.15, 0.2) is 0 Å². The van der Waals surface area contributed by atoms with Crippen LogP contribution >= 0.6 is 0 Å². The maximum Gasteiger partial charge on any atom is 0.303 e. The lowest BCUT2D eigenvalue weighted by Gasteiger charge is -2.65. The summed E-state index contributed by atoms with van der Waals surface area (Å²) >= 11 is 0. The number of fused-ring (bicyclic) bond motifs is 2. The molecule has 4 aliphatic carbocycles. The second-order valence-electron chi connectivity index (χ2n) is 8.93. The van der Waals surface area contributed by atoms with E-state index in [1.165, 1.54) is 31.3 Å². The molecule has 6 atom stereocenters. The van der Waals surface area contributed by atoms with Crippen molar-refractivity contribution in [2.24, 2.45) is 34.5 Å². The predicted molar refractivity (Wildman–Crippen MR) is 91.0 cm³/mol. The van der Waals surface area contributed by atoms with Crippen LogP contribution in [0.1, 0.15) is 65.2 Å². The molecule has 0 amide bonds. The van der Waals surface area contributed by atoms with Crippen molar-refractivity contribution in [1.82, 2.24) is 0 Å². The molecule has 2 bridgehead atoms. The van der Waals surface area contributed by atoms with Crippen molar-refractivity contribution >= 4 is 5.97 Å². The molecule has 0 aromatic heterocycles. The Labute approximate surface area is 140 Å². The zero-order chi connectivity index (χ0) is 16.8. The first kappa shape index (κ1) is 17.0. The molecule has 6 unspecified atom stereocenters. The van der Waals surface area contributed by atoms with Crippen LogP contribution in [0.15, 0.2) is 12.2 Å². The van der Waals surface area contributed by atoms with Crippen LogP contribution < -0.4 is 0 Å². The first-order valence-corrected chi connectivity index (χ1v) is 9.30. The molecular weight excluding hydrogens is 288 g/mol. The van der Waals surface area contributed by atoms with Crippen LogP contribution in [0.5, 0.6) is 0 Å². The normalized spacial score (nSPS) is 45.5. The maximum atomic E-state index is 11.2. The predicted octanol–water partition coefficient (Wildman–Crippen LogP) is 4.26. The van der Waals surface area contributed by atoms with Crippen molar-refractivity contribution in [2.75, 3.05) is 6.61 Å². The number of carboxylic acids is 1. The molecule has 0 radical (unpaired) electrons. The van der Waals surface area contributed by atoms with Gasteiger partial charge < -0.3 is 10.2 Å². The average Bonchev–Trinajstić information content (AvgIpc) is 2.52. The van der Waals surface area contributed by atoms with Crippen LogP contribution in [-0.4, -0.2) is 22.8 Å². The summed E-state index contributed by atoms with van der Waals surface area (Å²) in [5.41, 5.74) is 1.64. The Bertz CT molecular complexity index is 499. The van der Waals surface area contributed by atoms with Crippen LogP contribution in [0.3, 0.4) is 0 Å². The molecule has 0 saturated heterocycles. The Morgan fingerprint density at radius 2 is 2.00 bits per heavy atom. The molecule has 1 spiro atoms. The van der Waals surface area contributed by atoms with E-state index in [0.717, 1.165) is 19.3 Å². The standard InChI is InChI=1S/C20H32O3/c1-13(2)16-5-9-20-8-4-14(15(11-20)12-21)10-17(20)19(16,3)7-6-18(22)23/h14-17,21H,1,4-12H2,2-3H3,(H,22,23).